The molecule has 1 N–H and O–H groups in total. The van der Waals surface area contributed by atoms with E-state index in [1.807, 2.05) is 39.0 Å². The van der Waals surface area contributed by atoms with Crippen molar-refractivity contribution in [3.8, 4) is 0 Å². The number of aromatic nitrogens is 1. The van der Waals surface area contributed by atoms with Gasteiger partial charge < -0.3 is 14.8 Å². The van der Waals surface area contributed by atoms with E-state index in [-0.39, 0.29) is 17.1 Å². The van der Waals surface area contributed by atoms with Crippen molar-refractivity contribution >= 4 is 22.0 Å². The van der Waals surface area contributed by atoms with Crippen molar-refractivity contribution in [1.29, 1.82) is 0 Å². The van der Waals surface area contributed by atoms with Gasteiger partial charge in [0.2, 0.25) is 0 Å². The molecule has 0 radical (unpaired) electrons. The van der Waals surface area contributed by atoms with Gasteiger partial charge >= 0.3 is 6.09 Å². The molecular weight excluding hydrogens is 372 g/mol. The number of ether oxygens (including phenoxy) is 2. The number of amides is 1. The van der Waals surface area contributed by atoms with Crippen LogP contribution in [0.5, 0.6) is 0 Å². The number of halogens is 1. The molecule has 1 fully saturated rings. The predicted octanol–water partition coefficient (Wildman–Crippen LogP) is 4.62. The Labute approximate surface area is 152 Å². The van der Waals surface area contributed by atoms with Crippen molar-refractivity contribution in [2.45, 2.75) is 64.7 Å². The highest BCUT2D eigenvalue weighted by atomic mass is 79.9. The second kappa shape index (κ2) is 7.40. The van der Waals surface area contributed by atoms with Crippen LogP contribution in [0, 0.1) is 5.92 Å². The van der Waals surface area contributed by atoms with E-state index in [4.69, 9.17) is 9.47 Å². The summed E-state index contributed by atoms with van der Waals surface area (Å²) in [5.74, 6) is 0.168. The molecule has 0 aromatic carbocycles. The number of carbonyl (C=O) groups excluding carboxylic acids is 1. The van der Waals surface area contributed by atoms with Crippen LogP contribution >= 0.6 is 15.9 Å². The van der Waals surface area contributed by atoms with Crippen molar-refractivity contribution in [2.75, 3.05) is 6.61 Å². The fourth-order valence-corrected chi connectivity index (χ4v) is 3.33. The maximum absolute atomic E-state index is 12.3. The van der Waals surface area contributed by atoms with E-state index in [0.29, 0.717) is 6.61 Å². The number of pyridine rings is 1. The van der Waals surface area contributed by atoms with Gasteiger partial charge in [0.05, 0.1) is 11.3 Å². The Balaban J connectivity index is 2.23. The van der Waals surface area contributed by atoms with Crippen molar-refractivity contribution in [2.24, 2.45) is 5.92 Å². The lowest BCUT2D eigenvalue weighted by Crippen LogP contribution is -2.43. The van der Waals surface area contributed by atoms with Gasteiger partial charge in [-0.05, 0) is 75.5 Å². The fraction of sp³-hybridized carbons (Fsp3) is 0.667. The Hall–Kier alpha value is -1.14. The molecule has 2 unspecified atom stereocenters. The van der Waals surface area contributed by atoms with Gasteiger partial charge in [-0.2, -0.15) is 0 Å². The summed E-state index contributed by atoms with van der Waals surface area (Å²) in [6.07, 6.45) is 0.839. The number of carbonyl (C=O) groups is 1. The van der Waals surface area contributed by atoms with E-state index < -0.39 is 12.2 Å². The lowest BCUT2D eigenvalue weighted by atomic mass is 9.83. The van der Waals surface area contributed by atoms with E-state index >= 15 is 0 Å². The lowest BCUT2D eigenvalue weighted by molar-refractivity contribution is -0.0980. The van der Waals surface area contributed by atoms with Gasteiger partial charge in [-0.15, -0.1) is 0 Å². The summed E-state index contributed by atoms with van der Waals surface area (Å²) >= 11 is 3.40. The standard InChI is InChI=1S/C18H27BrN2O3/c1-17(2,3)21-16(22)24-15(13-7-6-8-14(19)20-13)12-9-10-23-18(4,5)11-12/h6-8,12,15H,9-11H2,1-5H3,(H,21,22). The summed E-state index contributed by atoms with van der Waals surface area (Å²) < 4.78 is 12.3. The number of rotatable bonds is 3. The molecule has 1 aromatic rings. The zero-order chi connectivity index (χ0) is 18.0. The van der Waals surface area contributed by atoms with Crippen molar-refractivity contribution in [3.63, 3.8) is 0 Å². The highest BCUT2D eigenvalue weighted by Crippen LogP contribution is 2.38. The topological polar surface area (TPSA) is 60.5 Å². The van der Waals surface area contributed by atoms with E-state index in [1.165, 1.54) is 0 Å². The first-order valence-electron chi connectivity index (χ1n) is 8.31. The van der Waals surface area contributed by atoms with Crippen LogP contribution < -0.4 is 5.32 Å². The molecule has 0 aliphatic carbocycles. The second-order valence-corrected chi connectivity index (χ2v) is 8.76. The molecule has 2 heterocycles. The molecule has 1 saturated heterocycles. The summed E-state index contributed by atoms with van der Waals surface area (Å²) in [5, 5.41) is 2.86. The monoisotopic (exact) mass is 398 g/mol. The molecule has 5 nitrogen and oxygen atoms in total. The molecule has 1 aliphatic heterocycles. The minimum atomic E-state index is -0.418. The minimum absolute atomic E-state index is 0.168. The zero-order valence-corrected chi connectivity index (χ0v) is 16.6. The van der Waals surface area contributed by atoms with Gasteiger partial charge in [0.15, 0.2) is 0 Å². The molecule has 134 valence electrons. The lowest BCUT2D eigenvalue weighted by Gasteiger charge is -2.38. The van der Waals surface area contributed by atoms with Crippen LogP contribution in [0.25, 0.3) is 0 Å². The average Bonchev–Trinajstić information content (AvgIpc) is 2.41. The van der Waals surface area contributed by atoms with Crippen molar-refractivity contribution in [1.82, 2.24) is 10.3 Å². The summed E-state index contributed by atoms with van der Waals surface area (Å²) in [6, 6.07) is 5.68. The summed E-state index contributed by atoms with van der Waals surface area (Å²) in [7, 11) is 0. The zero-order valence-electron chi connectivity index (χ0n) is 15.1. The molecule has 0 spiro atoms. The van der Waals surface area contributed by atoms with Crippen LogP contribution in [0.15, 0.2) is 22.8 Å². The van der Waals surface area contributed by atoms with Crippen LogP contribution in [0.4, 0.5) is 4.79 Å². The Morgan fingerprint density at radius 2 is 2.17 bits per heavy atom. The quantitative estimate of drug-likeness (QED) is 0.754. The smallest absolute Gasteiger partial charge is 0.408 e. The van der Waals surface area contributed by atoms with Gasteiger partial charge in [-0.1, -0.05) is 6.07 Å². The molecule has 24 heavy (non-hydrogen) atoms. The maximum Gasteiger partial charge on any atom is 0.408 e. The molecule has 0 saturated carbocycles. The largest absolute Gasteiger partial charge is 0.439 e. The third-order valence-corrected chi connectivity index (χ3v) is 4.34. The summed E-state index contributed by atoms with van der Waals surface area (Å²) in [5.41, 5.74) is 0.189. The predicted molar refractivity (Wildman–Crippen MR) is 96.8 cm³/mol. The molecule has 1 amide bonds. The second-order valence-electron chi connectivity index (χ2n) is 7.95. The molecule has 0 bridgehead atoms. The molecule has 6 heteroatoms. The molecule has 1 aromatic heterocycles. The number of nitrogens with one attached hydrogen (secondary N) is 1. The number of hydrogen-bond acceptors (Lipinski definition) is 4. The Kier molecular flexibility index (Phi) is 5.91. The molecular formula is C18H27BrN2O3. The molecule has 1 aliphatic rings. The number of hydrogen-bond donors (Lipinski definition) is 1. The first kappa shape index (κ1) is 19.2. The Morgan fingerprint density at radius 3 is 2.75 bits per heavy atom. The van der Waals surface area contributed by atoms with Gasteiger partial charge in [-0.25, -0.2) is 9.78 Å². The van der Waals surface area contributed by atoms with Gasteiger partial charge in [0, 0.05) is 18.1 Å². The van der Waals surface area contributed by atoms with Crippen LogP contribution in [0.2, 0.25) is 0 Å². The SMILES string of the molecule is CC(C)(C)NC(=O)OC(c1cccc(Br)n1)C1CCOC(C)(C)C1. The molecule has 2 rings (SSSR count). The van der Waals surface area contributed by atoms with E-state index in [0.717, 1.165) is 23.1 Å². The third-order valence-electron chi connectivity index (χ3n) is 3.90. The first-order chi connectivity index (χ1) is 11.1. The van der Waals surface area contributed by atoms with Crippen LogP contribution in [-0.2, 0) is 9.47 Å². The fourth-order valence-electron chi connectivity index (χ4n) is 2.97. The van der Waals surface area contributed by atoms with E-state index in [1.54, 1.807) is 0 Å². The summed E-state index contributed by atoms with van der Waals surface area (Å²) in [4.78, 5) is 16.8. The highest BCUT2D eigenvalue weighted by molar-refractivity contribution is 9.10. The first-order valence-corrected chi connectivity index (χ1v) is 9.10. The Bertz CT molecular complexity index is 584. The van der Waals surface area contributed by atoms with E-state index in [2.05, 4.69) is 40.1 Å². The normalized spacial score (nSPS) is 21.8. The highest BCUT2D eigenvalue weighted by Gasteiger charge is 2.37. The summed E-state index contributed by atoms with van der Waals surface area (Å²) in [6.45, 7) is 10.6. The van der Waals surface area contributed by atoms with Crippen molar-refractivity contribution in [3.05, 3.63) is 28.5 Å². The van der Waals surface area contributed by atoms with E-state index in [9.17, 15) is 4.79 Å². The third kappa shape index (κ3) is 5.74. The van der Waals surface area contributed by atoms with Crippen LogP contribution in [-0.4, -0.2) is 28.8 Å². The minimum Gasteiger partial charge on any atom is -0.439 e. The maximum atomic E-state index is 12.3. The van der Waals surface area contributed by atoms with Gasteiger partial charge in [-0.3, -0.25) is 0 Å². The van der Waals surface area contributed by atoms with Crippen LogP contribution in [0.1, 0.15) is 59.3 Å². The van der Waals surface area contributed by atoms with Crippen molar-refractivity contribution < 1.29 is 14.3 Å². The number of nitrogens with zero attached hydrogens (tertiary/aromatic N) is 1. The molecule has 2 atom stereocenters. The van der Waals surface area contributed by atoms with Gasteiger partial charge in [0.1, 0.15) is 10.7 Å². The average molecular weight is 399 g/mol. The van der Waals surface area contributed by atoms with Crippen LogP contribution in [0.3, 0.4) is 0 Å². The Morgan fingerprint density at radius 1 is 1.46 bits per heavy atom. The van der Waals surface area contributed by atoms with Gasteiger partial charge in [0.25, 0.3) is 0 Å². The number of alkyl carbamates (subject to hydrolysis) is 1.